The summed E-state index contributed by atoms with van der Waals surface area (Å²) in [5.74, 6) is -0.551. The van der Waals surface area contributed by atoms with Crippen LogP contribution in [0.3, 0.4) is 0 Å². The zero-order chi connectivity index (χ0) is 13.8. The van der Waals surface area contributed by atoms with Crippen molar-refractivity contribution in [3.8, 4) is 0 Å². The fraction of sp³-hybridized carbons (Fsp3) is 0.0833. The normalized spacial score (nSPS) is 10.1. The van der Waals surface area contributed by atoms with Gasteiger partial charge in [0.1, 0.15) is 17.3 Å². The minimum absolute atomic E-state index is 0.104. The van der Waals surface area contributed by atoms with Gasteiger partial charge in [-0.1, -0.05) is 11.6 Å². The Labute approximate surface area is 113 Å². The predicted octanol–water partition coefficient (Wildman–Crippen LogP) is 2.56. The molecule has 0 radical (unpaired) electrons. The minimum Gasteiger partial charge on any atom is -0.372 e. The van der Waals surface area contributed by atoms with Crippen LogP contribution in [0.5, 0.6) is 0 Å². The number of benzene rings is 1. The Morgan fingerprint density at radius 1 is 1.37 bits per heavy atom. The molecular formula is C12H10ClFN4O. The Balaban J connectivity index is 2.22. The number of anilines is 2. The molecule has 0 spiro atoms. The van der Waals surface area contributed by atoms with Crippen molar-refractivity contribution in [1.29, 1.82) is 0 Å². The second-order valence-corrected chi connectivity index (χ2v) is 4.03. The number of halogens is 2. The van der Waals surface area contributed by atoms with Crippen molar-refractivity contribution in [1.82, 2.24) is 9.97 Å². The summed E-state index contributed by atoms with van der Waals surface area (Å²) in [6, 6.07) is 3.71. The number of amides is 1. The molecular weight excluding hydrogens is 271 g/mol. The molecule has 0 atom stereocenters. The first kappa shape index (κ1) is 13.2. The van der Waals surface area contributed by atoms with Crippen LogP contribution in [-0.4, -0.2) is 22.9 Å². The maximum Gasteiger partial charge on any atom is 0.275 e. The third-order valence-electron chi connectivity index (χ3n) is 2.30. The van der Waals surface area contributed by atoms with Gasteiger partial charge in [-0.05, 0) is 18.2 Å². The lowest BCUT2D eigenvalue weighted by molar-refractivity contribution is 0.102. The largest absolute Gasteiger partial charge is 0.372 e. The number of aromatic nitrogens is 2. The number of carbonyl (C=O) groups excluding carboxylic acids is 1. The van der Waals surface area contributed by atoms with Gasteiger partial charge >= 0.3 is 0 Å². The van der Waals surface area contributed by atoms with E-state index < -0.39 is 11.7 Å². The first-order valence-corrected chi connectivity index (χ1v) is 5.74. The van der Waals surface area contributed by atoms with Gasteiger partial charge < -0.3 is 10.6 Å². The topological polar surface area (TPSA) is 66.9 Å². The van der Waals surface area contributed by atoms with Crippen molar-refractivity contribution in [2.45, 2.75) is 0 Å². The lowest BCUT2D eigenvalue weighted by atomic mass is 10.3. The first-order valence-electron chi connectivity index (χ1n) is 5.36. The van der Waals surface area contributed by atoms with Gasteiger partial charge in [-0.2, -0.15) is 0 Å². The molecule has 1 aromatic carbocycles. The van der Waals surface area contributed by atoms with Crippen LogP contribution in [0.25, 0.3) is 0 Å². The Hall–Kier alpha value is -2.21. The molecule has 0 saturated heterocycles. The van der Waals surface area contributed by atoms with Gasteiger partial charge in [-0.3, -0.25) is 9.78 Å². The van der Waals surface area contributed by atoms with E-state index >= 15 is 0 Å². The number of nitrogens with one attached hydrogen (secondary N) is 2. The van der Waals surface area contributed by atoms with Gasteiger partial charge in [0, 0.05) is 7.05 Å². The monoisotopic (exact) mass is 280 g/mol. The predicted molar refractivity (Wildman–Crippen MR) is 70.9 cm³/mol. The fourth-order valence-electron chi connectivity index (χ4n) is 1.38. The smallest absolute Gasteiger partial charge is 0.275 e. The van der Waals surface area contributed by atoms with Crippen molar-refractivity contribution in [2.75, 3.05) is 17.7 Å². The van der Waals surface area contributed by atoms with Crippen LogP contribution in [0.2, 0.25) is 5.02 Å². The summed E-state index contributed by atoms with van der Waals surface area (Å²) >= 11 is 5.86. The van der Waals surface area contributed by atoms with E-state index in [0.29, 0.717) is 5.82 Å². The number of nitrogens with zero attached hydrogens (tertiary/aromatic N) is 2. The summed E-state index contributed by atoms with van der Waals surface area (Å²) in [6.07, 6.45) is 2.79. The molecule has 2 rings (SSSR count). The summed E-state index contributed by atoms with van der Waals surface area (Å²) in [4.78, 5) is 19.8. The number of rotatable bonds is 3. The summed E-state index contributed by atoms with van der Waals surface area (Å²) in [5.41, 5.74) is 0.288. The van der Waals surface area contributed by atoms with E-state index in [-0.39, 0.29) is 16.4 Å². The first-order chi connectivity index (χ1) is 9.10. The van der Waals surface area contributed by atoms with Crippen molar-refractivity contribution in [3.63, 3.8) is 0 Å². The Morgan fingerprint density at radius 3 is 2.89 bits per heavy atom. The van der Waals surface area contributed by atoms with Crippen molar-refractivity contribution in [3.05, 3.63) is 47.1 Å². The second-order valence-electron chi connectivity index (χ2n) is 3.62. The minimum atomic E-state index is -0.517. The fourth-order valence-corrected chi connectivity index (χ4v) is 1.54. The highest BCUT2D eigenvalue weighted by Gasteiger charge is 2.11. The van der Waals surface area contributed by atoms with Crippen LogP contribution in [0.1, 0.15) is 10.5 Å². The second kappa shape index (κ2) is 5.62. The summed E-state index contributed by atoms with van der Waals surface area (Å²) < 4.78 is 13.1. The van der Waals surface area contributed by atoms with Gasteiger partial charge in [-0.25, -0.2) is 9.37 Å². The quantitative estimate of drug-likeness (QED) is 0.907. The molecule has 0 unspecified atom stereocenters. The van der Waals surface area contributed by atoms with Crippen LogP contribution in [0.15, 0.2) is 30.6 Å². The lowest BCUT2D eigenvalue weighted by Gasteiger charge is -2.07. The van der Waals surface area contributed by atoms with E-state index in [1.54, 1.807) is 7.05 Å². The van der Waals surface area contributed by atoms with E-state index in [1.165, 1.54) is 24.5 Å². The van der Waals surface area contributed by atoms with Gasteiger partial charge in [-0.15, -0.1) is 0 Å². The zero-order valence-electron chi connectivity index (χ0n) is 9.95. The molecule has 0 saturated carbocycles. The molecule has 0 aliphatic carbocycles. The van der Waals surface area contributed by atoms with Gasteiger partial charge in [0.15, 0.2) is 0 Å². The van der Waals surface area contributed by atoms with E-state index in [2.05, 4.69) is 20.6 Å². The summed E-state index contributed by atoms with van der Waals surface area (Å²) in [7, 11) is 1.66. The maximum absolute atomic E-state index is 13.1. The highest BCUT2D eigenvalue weighted by Crippen LogP contribution is 2.22. The molecule has 0 fully saturated rings. The Kier molecular flexibility index (Phi) is 3.91. The average Bonchev–Trinajstić information content (AvgIpc) is 2.43. The third kappa shape index (κ3) is 3.17. The van der Waals surface area contributed by atoms with Gasteiger partial charge in [0.05, 0.1) is 23.1 Å². The standard InChI is InChI=1S/C12H10ClFN4O/c1-15-11-6-16-5-10(17-11)12(19)18-9-4-7(14)2-3-8(9)13/h2-6H,1H3,(H,15,17)(H,18,19). The van der Waals surface area contributed by atoms with Crippen LogP contribution in [0.4, 0.5) is 15.9 Å². The molecule has 0 aliphatic rings. The van der Waals surface area contributed by atoms with E-state index in [4.69, 9.17) is 11.6 Å². The van der Waals surface area contributed by atoms with E-state index in [1.807, 2.05) is 0 Å². The SMILES string of the molecule is CNc1cncc(C(=O)Nc2cc(F)ccc2Cl)n1. The van der Waals surface area contributed by atoms with E-state index in [0.717, 1.165) is 6.07 Å². The van der Waals surface area contributed by atoms with Crippen molar-refractivity contribution in [2.24, 2.45) is 0 Å². The number of carbonyl (C=O) groups is 1. The van der Waals surface area contributed by atoms with Crippen LogP contribution in [0, 0.1) is 5.82 Å². The van der Waals surface area contributed by atoms with Crippen LogP contribution < -0.4 is 10.6 Å². The Morgan fingerprint density at radius 2 is 2.16 bits per heavy atom. The average molecular weight is 281 g/mol. The van der Waals surface area contributed by atoms with Crippen molar-refractivity contribution < 1.29 is 9.18 Å². The summed E-state index contributed by atoms with van der Waals surface area (Å²) in [5, 5.41) is 5.49. The lowest BCUT2D eigenvalue weighted by Crippen LogP contribution is -2.15. The molecule has 7 heteroatoms. The van der Waals surface area contributed by atoms with Crippen LogP contribution >= 0.6 is 11.6 Å². The zero-order valence-corrected chi connectivity index (χ0v) is 10.7. The van der Waals surface area contributed by atoms with Gasteiger partial charge in [0.2, 0.25) is 0 Å². The highest BCUT2D eigenvalue weighted by atomic mass is 35.5. The number of hydrogen-bond donors (Lipinski definition) is 2. The molecule has 98 valence electrons. The maximum atomic E-state index is 13.1. The highest BCUT2D eigenvalue weighted by molar-refractivity contribution is 6.33. The van der Waals surface area contributed by atoms with Gasteiger partial charge in [0.25, 0.3) is 5.91 Å². The molecule has 2 aromatic rings. The molecule has 1 heterocycles. The third-order valence-corrected chi connectivity index (χ3v) is 2.63. The molecule has 0 aliphatic heterocycles. The molecule has 1 amide bonds. The van der Waals surface area contributed by atoms with E-state index in [9.17, 15) is 9.18 Å². The van der Waals surface area contributed by atoms with Crippen LogP contribution in [-0.2, 0) is 0 Å². The molecule has 0 bridgehead atoms. The number of hydrogen-bond acceptors (Lipinski definition) is 4. The summed E-state index contributed by atoms with van der Waals surface area (Å²) in [6.45, 7) is 0. The molecule has 5 nitrogen and oxygen atoms in total. The molecule has 19 heavy (non-hydrogen) atoms. The molecule has 1 aromatic heterocycles. The van der Waals surface area contributed by atoms with Crippen molar-refractivity contribution >= 4 is 29.0 Å². The molecule has 2 N–H and O–H groups in total. The Bertz CT molecular complexity index is 620.